The minimum atomic E-state index is 0.133. The zero-order valence-corrected chi connectivity index (χ0v) is 11.6. The third-order valence-corrected chi connectivity index (χ3v) is 2.93. The fourth-order valence-corrected chi connectivity index (χ4v) is 1.89. The van der Waals surface area contributed by atoms with Crippen LogP contribution in [0.4, 0.5) is 0 Å². The van der Waals surface area contributed by atoms with Crippen LogP contribution in [0.1, 0.15) is 19.4 Å². The molecule has 0 aliphatic rings. The van der Waals surface area contributed by atoms with Crippen LogP contribution in [0.3, 0.4) is 0 Å². The molecule has 1 rings (SSSR count). The maximum absolute atomic E-state index is 5.23. The number of rotatable bonds is 6. The fourth-order valence-electron chi connectivity index (χ4n) is 1.89. The molecule has 96 valence electrons. The molecule has 0 aromatic heterocycles. The van der Waals surface area contributed by atoms with Gasteiger partial charge < -0.3 is 15.0 Å². The highest BCUT2D eigenvalue weighted by Gasteiger charge is 2.17. The Balaban J connectivity index is 2.58. The molecule has 3 heteroatoms. The summed E-state index contributed by atoms with van der Waals surface area (Å²) < 4.78 is 5.23. The zero-order valence-electron chi connectivity index (χ0n) is 11.6. The van der Waals surface area contributed by atoms with Gasteiger partial charge >= 0.3 is 0 Å². The summed E-state index contributed by atoms with van der Waals surface area (Å²) in [6.07, 6.45) is 0. The molecule has 0 atom stereocenters. The number of ether oxygens (including phenoxy) is 1. The first-order valence-corrected chi connectivity index (χ1v) is 5.97. The highest BCUT2D eigenvalue weighted by atomic mass is 16.5. The average Bonchev–Trinajstić information content (AvgIpc) is 2.28. The monoisotopic (exact) mass is 236 g/mol. The van der Waals surface area contributed by atoms with Gasteiger partial charge in [0.1, 0.15) is 5.75 Å². The SMILES string of the molecule is CNC(C)(C)CN(C)Cc1cccc(OC)c1. The first kappa shape index (κ1) is 14.0. The maximum atomic E-state index is 5.23. The number of nitrogens with zero attached hydrogens (tertiary/aromatic N) is 1. The molecule has 3 nitrogen and oxygen atoms in total. The number of benzene rings is 1. The van der Waals surface area contributed by atoms with Crippen molar-refractivity contribution in [3.63, 3.8) is 0 Å². The van der Waals surface area contributed by atoms with Gasteiger partial charge in [-0.1, -0.05) is 12.1 Å². The van der Waals surface area contributed by atoms with E-state index < -0.39 is 0 Å². The van der Waals surface area contributed by atoms with Crippen molar-refractivity contribution >= 4 is 0 Å². The van der Waals surface area contributed by atoms with E-state index in [1.165, 1.54) is 5.56 Å². The Morgan fingerprint density at radius 2 is 2.06 bits per heavy atom. The first-order chi connectivity index (χ1) is 7.96. The molecule has 0 saturated carbocycles. The number of nitrogens with one attached hydrogen (secondary N) is 1. The van der Waals surface area contributed by atoms with E-state index in [1.807, 2.05) is 19.2 Å². The third kappa shape index (κ3) is 4.75. The van der Waals surface area contributed by atoms with E-state index in [0.29, 0.717) is 0 Å². The molecule has 17 heavy (non-hydrogen) atoms. The lowest BCUT2D eigenvalue weighted by Crippen LogP contribution is -2.46. The van der Waals surface area contributed by atoms with Gasteiger partial charge in [-0.05, 0) is 45.6 Å². The van der Waals surface area contributed by atoms with Gasteiger partial charge in [0, 0.05) is 18.6 Å². The summed E-state index contributed by atoms with van der Waals surface area (Å²) in [6, 6.07) is 8.22. The van der Waals surface area contributed by atoms with Crippen LogP contribution in [0.5, 0.6) is 5.75 Å². The molecule has 1 N–H and O–H groups in total. The van der Waals surface area contributed by atoms with E-state index in [2.05, 4.69) is 43.2 Å². The smallest absolute Gasteiger partial charge is 0.119 e. The van der Waals surface area contributed by atoms with Crippen molar-refractivity contribution in [2.75, 3.05) is 27.7 Å². The van der Waals surface area contributed by atoms with Gasteiger partial charge in [-0.25, -0.2) is 0 Å². The van der Waals surface area contributed by atoms with Crippen LogP contribution in [0, 0.1) is 0 Å². The summed E-state index contributed by atoms with van der Waals surface area (Å²) >= 11 is 0. The molecule has 0 spiro atoms. The summed E-state index contributed by atoms with van der Waals surface area (Å²) in [5.41, 5.74) is 1.41. The Morgan fingerprint density at radius 3 is 2.65 bits per heavy atom. The zero-order chi connectivity index (χ0) is 12.9. The third-order valence-electron chi connectivity index (χ3n) is 2.93. The summed E-state index contributed by atoms with van der Waals surface area (Å²) in [4.78, 5) is 2.31. The van der Waals surface area contributed by atoms with Crippen LogP contribution in [0.2, 0.25) is 0 Å². The van der Waals surface area contributed by atoms with Gasteiger partial charge in [-0.15, -0.1) is 0 Å². The second-order valence-corrected chi connectivity index (χ2v) is 5.16. The van der Waals surface area contributed by atoms with Crippen molar-refractivity contribution in [3.05, 3.63) is 29.8 Å². The van der Waals surface area contributed by atoms with Crippen molar-refractivity contribution in [1.82, 2.24) is 10.2 Å². The van der Waals surface area contributed by atoms with Crippen molar-refractivity contribution < 1.29 is 4.74 Å². The standard InChI is InChI=1S/C14H24N2O/c1-14(2,15-3)11-16(4)10-12-7-6-8-13(9-12)17-5/h6-9,15H,10-11H2,1-5H3. The van der Waals surface area contributed by atoms with Crippen LogP contribution < -0.4 is 10.1 Å². The van der Waals surface area contributed by atoms with Gasteiger partial charge in [0.2, 0.25) is 0 Å². The largest absolute Gasteiger partial charge is 0.497 e. The van der Waals surface area contributed by atoms with Crippen LogP contribution in [-0.2, 0) is 6.54 Å². The van der Waals surface area contributed by atoms with E-state index in [4.69, 9.17) is 4.74 Å². The highest BCUT2D eigenvalue weighted by molar-refractivity contribution is 5.28. The van der Waals surface area contributed by atoms with Crippen LogP contribution >= 0.6 is 0 Å². The Hall–Kier alpha value is -1.06. The molecule has 0 saturated heterocycles. The molecule has 1 aromatic carbocycles. The fraction of sp³-hybridized carbons (Fsp3) is 0.571. The van der Waals surface area contributed by atoms with Gasteiger partial charge in [-0.2, -0.15) is 0 Å². The van der Waals surface area contributed by atoms with Gasteiger partial charge in [0.15, 0.2) is 0 Å². The normalized spacial score (nSPS) is 11.9. The second-order valence-electron chi connectivity index (χ2n) is 5.16. The van der Waals surface area contributed by atoms with Gasteiger partial charge in [0.25, 0.3) is 0 Å². The number of hydrogen-bond acceptors (Lipinski definition) is 3. The Kier molecular flexibility index (Phi) is 4.97. The van der Waals surface area contributed by atoms with E-state index in [1.54, 1.807) is 7.11 Å². The average molecular weight is 236 g/mol. The topological polar surface area (TPSA) is 24.5 Å². The predicted molar refractivity (Wildman–Crippen MR) is 72.5 cm³/mol. The van der Waals surface area contributed by atoms with Crippen LogP contribution in [0.15, 0.2) is 24.3 Å². The maximum Gasteiger partial charge on any atom is 0.119 e. The molecule has 0 heterocycles. The van der Waals surface area contributed by atoms with Crippen molar-refractivity contribution in [2.24, 2.45) is 0 Å². The molecule has 0 aliphatic carbocycles. The first-order valence-electron chi connectivity index (χ1n) is 5.97. The van der Waals surface area contributed by atoms with E-state index in [0.717, 1.165) is 18.8 Å². The quantitative estimate of drug-likeness (QED) is 0.819. The van der Waals surface area contributed by atoms with Crippen LogP contribution in [0.25, 0.3) is 0 Å². The summed E-state index contributed by atoms with van der Waals surface area (Å²) in [7, 11) is 5.84. The molecule has 0 radical (unpaired) electrons. The Labute approximate surface area is 105 Å². The van der Waals surface area contributed by atoms with Crippen LogP contribution in [-0.4, -0.2) is 38.2 Å². The minimum Gasteiger partial charge on any atom is -0.497 e. The van der Waals surface area contributed by atoms with E-state index >= 15 is 0 Å². The molecule has 1 aromatic rings. The Bertz CT molecular complexity index is 350. The van der Waals surface area contributed by atoms with E-state index in [9.17, 15) is 0 Å². The lowest BCUT2D eigenvalue weighted by atomic mass is 10.1. The molecule has 0 aliphatic heterocycles. The Morgan fingerprint density at radius 1 is 1.35 bits per heavy atom. The number of likely N-dealkylation sites (N-methyl/N-ethyl adjacent to an activating group) is 2. The lowest BCUT2D eigenvalue weighted by molar-refractivity contribution is 0.238. The van der Waals surface area contributed by atoms with E-state index in [-0.39, 0.29) is 5.54 Å². The van der Waals surface area contributed by atoms with Crippen molar-refractivity contribution in [2.45, 2.75) is 25.9 Å². The predicted octanol–water partition coefficient (Wildman–Crippen LogP) is 2.12. The highest BCUT2D eigenvalue weighted by Crippen LogP contribution is 2.14. The summed E-state index contributed by atoms with van der Waals surface area (Å²) in [5.74, 6) is 0.920. The number of hydrogen-bond donors (Lipinski definition) is 1. The molecule has 0 bridgehead atoms. The van der Waals surface area contributed by atoms with Crippen molar-refractivity contribution in [1.29, 1.82) is 0 Å². The molecular formula is C14H24N2O. The molecule has 0 fully saturated rings. The second kappa shape index (κ2) is 6.03. The lowest BCUT2D eigenvalue weighted by Gasteiger charge is -2.30. The summed E-state index contributed by atoms with van der Waals surface area (Å²) in [5, 5.41) is 3.31. The molecule has 0 amide bonds. The van der Waals surface area contributed by atoms with Crippen molar-refractivity contribution in [3.8, 4) is 5.75 Å². The number of methoxy groups -OCH3 is 1. The van der Waals surface area contributed by atoms with Gasteiger partial charge in [0.05, 0.1) is 7.11 Å². The molecule has 0 unspecified atom stereocenters. The molecular weight excluding hydrogens is 212 g/mol. The summed E-state index contributed by atoms with van der Waals surface area (Å²) in [6.45, 7) is 6.34. The van der Waals surface area contributed by atoms with Gasteiger partial charge in [-0.3, -0.25) is 0 Å². The minimum absolute atomic E-state index is 0.133.